The highest BCUT2D eigenvalue weighted by atomic mass is 16.5. The van der Waals surface area contributed by atoms with Crippen molar-refractivity contribution in [2.24, 2.45) is 0 Å². The molecule has 1 fully saturated rings. The van der Waals surface area contributed by atoms with Crippen molar-refractivity contribution < 1.29 is 9.53 Å². The molecule has 0 unspecified atom stereocenters. The number of nitrogens with one attached hydrogen (secondary N) is 1. The van der Waals surface area contributed by atoms with Crippen LogP contribution in [0.3, 0.4) is 0 Å². The Bertz CT molecular complexity index is 1030. The molecule has 0 saturated heterocycles. The van der Waals surface area contributed by atoms with Crippen molar-refractivity contribution in [2.75, 3.05) is 25.1 Å². The third kappa shape index (κ3) is 4.42. The summed E-state index contributed by atoms with van der Waals surface area (Å²) in [5.41, 5.74) is 8.68. The lowest BCUT2D eigenvalue weighted by Crippen LogP contribution is -2.31. The van der Waals surface area contributed by atoms with E-state index in [0.29, 0.717) is 23.0 Å². The van der Waals surface area contributed by atoms with Crippen LogP contribution in [0.5, 0.6) is 5.75 Å². The largest absolute Gasteiger partial charge is 0.488 e. The van der Waals surface area contributed by atoms with Gasteiger partial charge in [-0.25, -0.2) is 9.97 Å². The second-order valence-corrected chi connectivity index (χ2v) is 7.81. The molecule has 2 aromatic heterocycles. The van der Waals surface area contributed by atoms with Crippen LogP contribution in [0, 0.1) is 0 Å². The summed E-state index contributed by atoms with van der Waals surface area (Å²) < 4.78 is 6.24. The minimum atomic E-state index is -0.0505. The van der Waals surface area contributed by atoms with Crippen molar-refractivity contribution in [1.29, 1.82) is 0 Å². The Morgan fingerprint density at radius 3 is 2.57 bits per heavy atom. The number of aromatic nitrogens is 3. The van der Waals surface area contributed by atoms with E-state index in [-0.39, 0.29) is 12.0 Å². The summed E-state index contributed by atoms with van der Waals surface area (Å²) in [5, 5.41) is 3.47. The average molecular weight is 406 g/mol. The van der Waals surface area contributed by atoms with Crippen LogP contribution >= 0.6 is 0 Å². The van der Waals surface area contributed by atoms with E-state index >= 15 is 0 Å². The molecule has 0 bridgehead atoms. The molecular formula is C22H26N6O2. The molecule has 0 aliphatic heterocycles. The number of nitrogen functional groups attached to an aromatic ring is 1. The third-order valence-corrected chi connectivity index (χ3v) is 5.30. The molecule has 8 nitrogen and oxygen atoms in total. The molecule has 30 heavy (non-hydrogen) atoms. The summed E-state index contributed by atoms with van der Waals surface area (Å²) in [7, 11) is 3.46. The molecule has 0 atom stereocenters. The first-order valence-electron chi connectivity index (χ1n) is 10.1. The van der Waals surface area contributed by atoms with E-state index in [1.807, 2.05) is 12.1 Å². The van der Waals surface area contributed by atoms with Crippen molar-refractivity contribution in [2.45, 2.75) is 37.8 Å². The number of carbonyl (C=O) groups is 1. The van der Waals surface area contributed by atoms with Gasteiger partial charge in [0, 0.05) is 50.5 Å². The van der Waals surface area contributed by atoms with E-state index in [1.54, 1.807) is 49.7 Å². The molecule has 156 valence electrons. The Balaban J connectivity index is 1.34. The summed E-state index contributed by atoms with van der Waals surface area (Å²) in [6.07, 6.45) is 8.83. The number of ether oxygens (including phenoxy) is 1. The van der Waals surface area contributed by atoms with Gasteiger partial charge in [-0.2, -0.15) is 0 Å². The smallest absolute Gasteiger partial charge is 0.254 e. The number of hydrogen-bond acceptors (Lipinski definition) is 7. The lowest BCUT2D eigenvalue weighted by atomic mass is 9.93. The first-order valence-corrected chi connectivity index (χ1v) is 10.1. The van der Waals surface area contributed by atoms with E-state index in [4.69, 9.17) is 10.5 Å². The third-order valence-electron chi connectivity index (χ3n) is 5.30. The van der Waals surface area contributed by atoms with Gasteiger partial charge >= 0.3 is 0 Å². The maximum absolute atomic E-state index is 12.0. The van der Waals surface area contributed by atoms with Crippen molar-refractivity contribution in [3.05, 3.63) is 48.4 Å². The zero-order chi connectivity index (χ0) is 21.1. The van der Waals surface area contributed by atoms with Crippen LogP contribution in [0.2, 0.25) is 0 Å². The predicted octanol–water partition coefficient (Wildman–Crippen LogP) is 3.11. The standard InChI is InChI=1S/C22H26N6O2/c1-28(2)22(29)14-3-8-20(26-13-14)27-16-4-6-17(7-5-16)30-19-12-15(23)11-18-21(19)25-10-9-24-18/h3,8-13,16-17H,4-7,23H2,1-2H3,(H,26,27). The summed E-state index contributed by atoms with van der Waals surface area (Å²) in [6.45, 7) is 0. The Morgan fingerprint density at radius 1 is 1.10 bits per heavy atom. The summed E-state index contributed by atoms with van der Waals surface area (Å²) >= 11 is 0. The zero-order valence-electron chi connectivity index (χ0n) is 17.2. The number of anilines is 2. The van der Waals surface area contributed by atoms with E-state index in [0.717, 1.165) is 42.5 Å². The van der Waals surface area contributed by atoms with Crippen LogP contribution in [0.4, 0.5) is 11.5 Å². The first kappa shape index (κ1) is 19.9. The fourth-order valence-corrected chi connectivity index (χ4v) is 3.73. The molecule has 0 spiro atoms. The summed E-state index contributed by atoms with van der Waals surface area (Å²) in [5.74, 6) is 1.43. The first-order chi connectivity index (χ1) is 14.5. The number of rotatable bonds is 5. The van der Waals surface area contributed by atoms with Crippen molar-refractivity contribution in [3.8, 4) is 5.75 Å². The lowest BCUT2D eigenvalue weighted by molar-refractivity contribution is 0.0827. The maximum atomic E-state index is 12.0. The molecule has 0 radical (unpaired) electrons. The Hall–Kier alpha value is -3.42. The van der Waals surface area contributed by atoms with Crippen molar-refractivity contribution >= 4 is 28.4 Å². The van der Waals surface area contributed by atoms with Crippen LogP contribution in [-0.2, 0) is 0 Å². The number of carbonyl (C=O) groups excluding carboxylic acids is 1. The van der Waals surface area contributed by atoms with Gasteiger partial charge in [0.1, 0.15) is 17.1 Å². The molecule has 1 saturated carbocycles. The van der Waals surface area contributed by atoms with Crippen LogP contribution in [0.15, 0.2) is 42.9 Å². The number of benzene rings is 1. The van der Waals surface area contributed by atoms with Gasteiger partial charge in [0.05, 0.1) is 17.2 Å². The van der Waals surface area contributed by atoms with Crippen LogP contribution < -0.4 is 15.8 Å². The van der Waals surface area contributed by atoms with Crippen molar-refractivity contribution in [3.63, 3.8) is 0 Å². The molecule has 3 aromatic rings. The van der Waals surface area contributed by atoms with Gasteiger partial charge in [-0.15, -0.1) is 0 Å². The second kappa shape index (κ2) is 8.52. The van der Waals surface area contributed by atoms with E-state index < -0.39 is 0 Å². The Labute approximate surface area is 175 Å². The average Bonchev–Trinajstić information content (AvgIpc) is 2.75. The summed E-state index contributed by atoms with van der Waals surface area (Å²) in [4.78, 5) is 26.6. The zero-order valence-corrected chi connectivity index (χ0v) is 17.2. The predicted molar refractivity (Wildman–Crippen MR) is 116 cm³/mol. The molecule has 2 heterocycles. The number of hydrogen-bond donors (Lipinski definition) is 2. The summed E-state index contributed by atoms with van der Waals surface area (Å²) in [6, 6.07) is 7.61. The maximum Gasteiger partial charge on any atom is 0.254 e. The molecular weight excluding hydrogens is 380 g/mol. The normalized spacial score (nSPS) is 18.7. The number of fused-ring (bicyclic) bond motifs is 1. The minimum absolute atomic E-state index is 0.0505. The number of nitrogens with two attached hydrogens (primary N) is 1. The van der Waals surface area contributed by atoms with Gasteiger partial charge in [0.25, 0.3) is 5.91 Å². The molecule has 8 heteroatoms. The second-order valence-electron chi connectivity index (χ2n) is 7.81. The van der Waals surface area contributed by atoms with E-state index in [2.05, 4.69) is 20.3 Å². The fourth-order valence-electron chi connectivity index (χ4n) is 3.73. The quantitative estimate of drug-likeness (QED) is 0.627. The van der Waals surface area contributed by atoms with Gasteiger partial charge in [0.15, 0.2) is 0 Å². The Morgan fingerprint density at radius 2 is 1.87 bits per heavy atom. The molecule has 3 N–H and O–H groups in total. The highest BCUT2D eigenvalue weighted by molar-refractivity contribution is 5.93. The van der Waals surface area contributed by atoms with Gasteiger partial charge < -0.3 is 20.7 Å². The van der Waals surface area contributed by atoms with Gasteiger partial charge in [0.2, 0.25) is 0 Å². The molecule has 1 aliphatic carbocycles. The molecule has 1 aliphatic rings. The number of amides is 1. The van der Waals surface area contributed by atoms with E-state index in [9.17, 15) is 4.79 Å². The number of pyridine rings is 1. The lowest BCUT2D eigenvalue weighted by Gasteiger charge is -2.30. The highest BCUT2D eigenvalue weighted by Gasteiger charge is 2.23. The van der Waals surface area contributed by atoms with E-state index in [1.165, 1.54) is 0 Å². The Kier molecular flexibility index (Phi) is 5.65. The monoisotopic (exact) mass is 406 g/mol. The van der Waals surface area contributed by atoms with Crippen LogP contribution in [0.1, 0.15) is 36.0 Å². The molecule has 1 amide bonds. The topological polar surface area (TPSA) is 106 Å². The highest BCUT2D eigenvalue weighted by Crippen LogP contribution is 2.30. The SMILES string of the molecule is CN(C)C(=O)c1ccc(NC2CCC(Oc3cc(N)cc4nccnc34)CC2)nc1. The minimum Gasteiger partial charge on any atom is -0.488 e. The molecule has 1 aromatic carbocycles. The fraction of sp³-hybridized carbons (Fsp3) is 0.364. The van der Waals surface area contributed by atoms with Crippen molar-refractivity contribution in [1.82, 2.24) is 19.9 Å². The van der Waals surface area contributed by atoms with Gasteiger partial charge in [-0.05, 0) is 43.9 Å². The number of nitrogens with zero attached hydrogens (tertiary/aromatic N) is 4. The molecule has 4 rings (SSSR count). The van der Waals surface area contributed by atoms with Gasteiger partial charge in [-0.3, -0.25) is 9.78 Å². The van der Waals surface area contributed by atoms with Crippen LogP contribution in [-0.4, -0.2) is 52.0 Å². The van der Waals surface area contributed by atoms with Crippen LogP contribution in [0.25, 0.3) is 11.0 Å². The van der Waals surface area contributed by atoms with Gasteiger partial charge in [-0.1, -0.05) is 0 Å².